The van der Waals surface area contributed by atoms with Gasteiger partial charge in [-0.2, -0.15) is 0 Å². The highest BCUT2D eigenvalue weighted by Crippen LogP contribution is 2.27. The van der Waals surface area contributed by atoms with Crippen LogP contribution < -0.4 is 15.6 Å². The van der Waals surface area contributed by atoms with Crippen molar-refractivity contribution < 1.29 is 8.60 Å². The summed E-state index contributed by atoms with van der Waals surface area (Å²) in [4.78, 5) is 12.2. The number of nitrogens with one attached hydrogen (secondary N) is 2. The number of aromatic nitrogens is 1. The van der Waals surface area contributed by atoms with Gasteiger partial charge in [-0.15, -0.1) is 0 Å². The molecule has 0 amide bonds. The minimum Gasteiger partial charge on any atom is -0.337 e. The quantitative estimate of drug-likeness (QED) is 0.839. The summed E-state index contributed by atoms with van der Waals surface area (Å²) in [7, 11) is 0.310. The number of hydrogen-bond acceptors (Lipinski definition) is 3. The molecule has 2 N–H and O–H groups in total. The maximum absolute atomic E-state index is 14.1. The minimum absolute atomic E-state index is 0.201. The third-order valence-corrected chi connectivity index (χ3v) is 4.43. The maximum atomic E-state index is 14.1. The number of benzene rings is 1. The van der Waals surface area contributed by atoms with E-state index in [1.165, 1.54) is 10.6 Å². The van der Waals surface area contributed by atoms with E-state index in [1.807, 2.05) is 13.8 Å². The van der Waals surface area contributed by atoms with E-state index >= 15 is 0 Å². The summed E-state index contributed by atoms with van der Waals surface area (Å²) in [5.74, 6) is 0.367. The highest BCUT2D eigenvalue weighted by molar-refractivity contribution is 7.86. The molecule has 2 aromatic rings. The predicted molar refractivity (Wildman–Crippen MR) is 104 cm³/mol. The van der Waals surface area contributed by atoms with E-state index in [0.29, 0.717) is 22.8 Å². The number of aryl methyl sites for hydroxylation is 2. The summed E-state index contributed by atoms with van der Waals surface area (Å²) in [5, 5.41) is 2.92. The van der Waals surface area contributed by atoms with Crippen molar-refractivity contribution in [2.45, 2.75) is 34.6 Å². The van der Waals surface area contributed by atoms with Crippen molar-refractivity contribution in [1.82, 2.24) is 4.57 Å². The highest BCUT2D eigenvalue weighted by Gasteiger charge is 2.14. The fraction of sp³-hybridized carbons (Fsp3) is 0.389. The first-order valence-corrected chi connectivity index (χ1v) is 9.54. The van der Waals surface area contributed by atoms with Gasteiger partial charge in [0.2, 0.25) is 0 Å². The molecule has 138 valence electrons. The van der Waals surface area contributed by atoms with E-state index in [0.717, 1.165) is 5.56 Å². The van der Waals surface area contributed by atoms with Gasteiger partial charge in [-0.25, -0.2) is 8.60 Å². The van der Waals surface area contributed by atoms with Crippen LogP contribution in [0.1, 0.15) is 31.9 Å². The first kappa shape index (κ1) is 20.9. The highest BCUT2D eigenvalue weighted by atomic mass is 32.2. The molecule has 25 heavy (non-hydrogen) atoms. The summed E-state index contributed by atoms with van der Waals surface area (Å²) in [6.45, 7) is 9.26. The zero-order valence-electron chi connectivity index (χ0n) is 15.6. The van der Waals surface area contributed by atoms with Crippen molar-refractivity contribution in [1.29, 1.82) is 0 Å². The van der Waals surface area contributed by atoms with Gasteiger partial charge in [0.25, 0.3) is 5.56 Å². The van der Waals surface area contributed by atoms with Gasteiger partial charge in [-0.3, -0.25) is 9.36 Å². The second-order valence-electron chi connectivity index (χ2n) is 5.30. The molecular formula is C18H26FN3O2S. The molecule has 0 saturated heterocycles. The Hall–Kier alpha value is -2.15. The Morgan fingerprint density at radius 1 is 1.16 bits per heavy atom. The van der Waals surface area contributed by atoms with Gasteiger partial charge in [0, 0.05) is 18.4 Å². The summed E-state index contributed by atoms with van der Waals surface area (Å²) in [5.41, 5.74) is 1.85. The standard InChI is InChI=1S/C16H20FN3O2S.C2H6/c1-5-23(22)19-14-9-11(3)16(21)20(4)15(14)18-13-7-6-10(2)8-12(13)17;1-2/h6-9,18-19H,5H2,1-4H3;1-2H3. The molecule has 2 rings (SSSR count). The average molecular weight is 367 g/mol. The molecule has 1 aromatic heterocycles. The zero-order chi connectivity index (χ0) is 19.1. The van der Waals surface area contributed by atoms with Crippen LogP contribution in [-0.4, -0.2) is 14.5 Å². The van der Waals surface area contributed by atoms with Crippen molar-refractivity contribution in [3.63, 3.8) is 0 Å². The summed E-state index contributed by atoms with van der Waals surface area (Å²) in [6, 6.07) is 6.40. The number of pyridine rings is 1. The topological polar surface area (TPSA) is 63.1 Å². The van der Waals surface area contributed by atoms with Crippen molar-refractivity contribution in [3.8, 4) is 0 Å². The summed E-state index contributed by atoms with van der Waals surface area (Å²) < 4.78 is 30.1. The normalized spacial score (nSPS) is 11.3. The van der Waals surface area contributed by atoms with Gasteiger partial charge < -0.3 is 10.0 Å². The van der Waals surface area contributed by atoms with E-state index in [1.54, 1.807) is 46.0 Å². The molecule has 0 aliphatic heterocycles. The van der Waals surface area contributed by atoms with E-state index < -0.39 is 16.8 Å². The number of nitrogens with zero attached hydrogens (tertiary/aromatic N) is 1. The van der Waals surface area contributed by atoms with Crippen molar-refractivity contribution in [2.24, 2.45) is 7.05 Å². The number of anilines is 3. The van der Waals surface area contributed by atoms with E-state index in [9.17, 15) is 13.4 Å². The first-order chi connectivity index (χ1) is 11.8. The van der Waals surface area contributed by atoms with Crippen molar-refractivity contribution in [2.75, 3.05) is 15.8 Å². The van der Waals surface area contributed by atoms with Crippen LogP contribution in [0.3, 0.4) is 0 Å². The van der Waals surface area contributed by atoms with Crippen molar-refractivity contribution in [3.05, 3.63) is 51.6 Å². The smallest absolute Gasteiger partial charge is 0.254 e. The van der Waals surface area contributed by atoms with Crippen LogP contribution in [0.15, 0.2) is 29.1 Å². The molecule has 0 fully saturated rings. The SMILES string of the molecule is CC.CCS(=O)Nc1cc(C)c(=O)n(C)c1Nc1ccc(C)cc1F. The van der Waals surface area contributed by atoms with Gasteiger partial charge in [-0.05, 0) is 37.6 Å². The largest absolute Gasteiger partial charge is 0.337 e. The Balaban J connectivity index is 0.00000151. The molecule has 1 aromatic carbocycles. The van der Waals surface area contributed by atoms with Crippen LogP contribution in [-0.2, 0) is 18.0 Å². The number of halogens is 1. The van der Waals surface area contributed by atoms with Crippen LogP contribution in [0.4, 0.5) is 21.6 Å². The van der Waals surface area contributed by atoms with Crippen LogP contribution in [0.2, 0.25) is 0 Å². The van der Waals surface area contributed by atoms with Crippen molar-refractivity contribution >= 4 is 28.2 Å². The monoisotopic (exact) mass is 367 g/mol. The lowest BCUT2D eigenvalue weighted by molar-refractivity contribution is 0.630. The van der Waals surface area contributed by atoms with Gasteiger partial charge in [0.15, 0.2) is 0 Å². The van der Waals surface area contributed by atoms with Crippen LogP contribution in [0.25, 0.3) is 0 Å². The molecule has 1 heterocycles. The van der Waals surface area contributed by atoms with Gasteiger partial charge in [0.05, 0.1) is 11.4 Å². The van der Waals surface area contributed by atoms with Crippen LogP contribution in [0.5, 0.6) is 0 Å². The third kappa shape index (κ3) is 5.16. The molecule has 0 radical (unpaired) electrons. The van der Waals surface area contributed by atoms with Gasteiger partial charge in [0.1, 0.15) is 22.6 Å². The molecule has 7 heteroatoms. The van der Waals surface area contributed by atoms with Crippen LogP contribution >= 0.6 is 0 Å². The predicted octanol–water partition coefficient (Wildman–Crippen LogP) is 4.01. The molecule has 0 bridgehead atoms. The van der Waals surface area contributed by atoms with E-state index in [4.69, 9.17) is 0 Å². The Kier molecular flexibility index (Phi) is 7.83. The Bertz CT molecular complexity index is 819. The lowest BCUT2D eigenvalue weighted by Gasteiger charge is -2.18. The fourth-order valence-corrected chi connectivity index (χ4v) is 2.71. The van der Waals surface area contributed by atoms with Crippen LogP contribution in [0, 0.1) is 19.7 Å². The first-order valence-electron chi connectivity index (χ1n) is 8.22. The lowest BCUT2D eigenvalue weighted by Crippen LogP contribution is -2.24. The molecule has 1 atom stereocenters. The van der Waals surface area contributed by atoms with Gasteiger partial charge in [-0.1, -0.05) is 26.8 Å². The molecule has 0 aliphatic rings. The Labute approximate surface area is 150 Å². The average Bonchev–Trinajstić information content (AvgIpc) is 2.59. The Morgan fingerprint density at radius 2 is 1.80 bits per heavy atom. The van der Waals surface area contributed by atoms with E-state index in [-0.39, 0.29) is 11.2 Å². The number of hydrogen-bond donors (Lipinski definition) is 2. The second kappa shape index (κ2) is 9.36. The summed E-state index contributed by atoms with van der Waals surface area (Å²) >= 11 is 0. The molecule has 0 aliphatic carbocycles. The molecule has 1 unspecified atom stereocenters. The summed E-state index contributed by atoms with van der Waals surface area (Å²) in [6.07, 6.45) is 0. The van der Waals surface area contributed by atoms with E-state index in [2.05, 4.69) is 10.0 Å². The lowest BCUT2D eigenvalue weighted by atomic mass is 10.2. The number of rotatable bonds is 5. The molecule has 0 saturated carbocycles. The second-order valence-corrected chi connectivity index (χ2v) is 6.77. The maximum Gasteiger partial charge on any atom is 0.254 e. The molecular weight excluding hydrogens is 341 g/mol. The zero-order valence-corrected chi connectivity index (χ0v) is 16.4. The van der Waals surface area contributed by atoms with Gasteiger partial charge >= 0.3 is 0 Å². The Morgan fingerprint density at radius 3 is 2.36 bits per heavy atom. The fourth-order valence-electron chi connectivity index (χ4n) is 2.17. The molecule has 5 nitrogen and oxygen atoms in total. The molecule has 0 spiro atoms. The third-order valence-electron chi connectivity index (χ3n) is 3.46. The minimum atomic E-state index is -1.28.